The first kappa shape index (κ1) is 16.4. The third kappa shape index (κ3) is 4.04. The van der Waals surface area contributed by atoms with Crippen LogP contribution in [0.5, 0.6) is 0 Å². The van der Waals surface area contributed by atoms with Gasteiger partial charge in [-0.2, -0.15) is 4.98 Å². The molecule has 2 rings (SSSR count). The Morgan fingerprint density at radius 2 is 2.14 bits per heavy atom. The van der Waals surface area contributed by atoms with Crippen molar-refractivity contribution in [3.8, 4) is 0 Å². The molecule has 1 aliphatic rings. The lowest BCUT2D eigenvalue weighted by Crippen LogP contribution is -2.35. The molecule has 5 heteroatoms. The molecule has 0 saturated heterocycles. The number of aryl methyl sites for hydroxylation is 1. The van der Waals surface area contributed by atoms with Crippen LogP contribution in [0.2, 0.25) is 0 Å². The number of nitrogens with two attached hydrogens (primary N) is 1. The van der Waals surface area contributed by atoms with Crippen molar-refractivity contribution < 1.29 is 9.26 Å². The Morgan fingerprint density at radius 3 is 2.76 bits per heavy atom. The predicted octanol–water partition coefficient (Wildman–Crippen LogP) is 3.04. The van der Waals surface area contributed by atoms with Gasteiger partial charge < -0.3 is 15.0 Å². The van der Waals surface area contributed by atoms with Crippen molar-refractivity contribution in [1.82, 2.24) is 10.1 Å². The highest BCUT2D eigenvalue weighted by molar-refractivity contribution is 5.04. The molecule has 1 aromatic heterocycles. The van der Waals surface area contributed by atoms with Crippen LogP contribution in [-0.4, -0.2) is 23.3 Å². The summed E-state index contributed by atoms with van der Waals surface area (Å²) in [7, 11) is 0. The molecule has 0 bridgehead atoms. The summed E-state index contributed by atoms with van der Waals surface area (Å²) in [6, 6.07) is 0. The van der Waals surface area contributed by atoms with Crippen molar-refractivity contribution in [2.75, 3.05) is 13.2 Å². The highest BCUT2D eigenvalue weighted by Gasteiger charge is 2.40. The minimum absolute atomic E-state index is 0.331. The van der Waals surface area contributed by atoms with Gasteiger partial charge in [-0.25, -0.2) is 0 Å². The minimum Gasteiger partial charge on any atom is -0.367 e. The second-order valence-corrected chi connectivity index (χ2v) is 6.50. The van der Waals surface area contributed by atoms with Crippen LogP contribution < -0.4 is 5.73 Å². The molecule has 1 aromatic rings. The number of nitrogens with zero attached hydrogens (tertiary/aromatic N) is 2. The molecule has 0 aliphatic heterocycles. The van der Waals surface area contributed by atoms with Crippen LogP contribution >= 0.6 is 0 Å². The van der Waals surface area contributed by atoms with Crippen molar-refractivity contribution in [1.29, 1.82) is 0 Å². The molecule has 0 amide bonds. The number of hydrogen-bond donors (Lipinski definition) is 1. The Morgan fingerprint density at radius 1 is 1.43 bits per heavy atom. The number of ether oxygens (including phenoxy) is 1. The molecule has 1 heterocycles. The second kappa shape index (κ2) is 7.36. The monoisotopic (exact) mass is 295 g/mol. The Bertz CT molecular complexity index is 425. The van der Waals surface area contributed by atoms with Gasteiger partial charge in [0.05, 0.1) is 0 Å². The predicted molar refractivity (Wildman–Crippen MR) is 81.8 cm³/mol. The van der Waals surface area contributed by atoms with E-state index in [1.807, 2.05) is 6.92 Å². The quantitative estimate of drug-likeness (QED) is 0.837. The molecule has 21 heavy (non-hydrogen) atoms. The molecule has 1 unspecified atom stereocenters. The van der Waals surface area contributed by atoms with Crippen LogP contribution in [0.15, 0.2) is 4.52 Å². The van der Waals surface area contributed by atoms with Crippen LogP contribution in [0.3, 0.4) is 0 Å². The van der Waals surface area contributed by atoms with Crippen molar-refractivity contribution in [3.63, 3.8) is 0 Å². The summed E-state index contributed by atoms with van der Waals surface area (Å²) in [5.74, 6) is 2.70. The topological polar surface area (TPSA) is 74.2 Å². The number of rotatable bonds is 7. The maximum Gasteiger partial charge on any atom is 0.226 e. The van der Waals surface area contributed by atoms with Crippen LogP contribution in [0.4, 0.5) is 0 Å². The Kier molecular flexibility index (Phi) is 5.76. The Labute approximate surface area is 127 Å². The van der Waals surface area contributed by atoms with Gasteiger partial charge in [-0.3, -0.25) is 0 Å². The molecule has 1 aliphatic carbocycles. The summed E-state index contributed by atoms with van der Waals surface area (Å²) in [6.07, 6.45) is 6.07. The first-order chi connectivity index (χ1) is 10.1. The molecular weight excluding hydrogens is 266 g/mol. The molecule has 1 saturated carbocycles. The van der Waals surface area contributed by atoms with E-state index in [1.54, 1.807) is 0 Å². The average molecular weight is 295 g/mol. The maximum absolute atomic E-state index is 6.06. The fourth-order valence-corrected chi connectivity index (χ4v) is 2.97. The van der Waals surface area contributed by atoms with Crippen molar-refractivity contribution in [2.24, 2.45) is 17.6 Å². The molecule has 5 nitrogen and oxygen atoms in total. The van der Waals surface area contributed by atoms with Gasteiger partial charge in [0, 0.05) is 13.0 Å². The van der Waals surface area contributed by atoms with E-state index in [4.69, 9.17) is 15.0 Å². The van der Waals surface area contributed by atoms with E-state index in [2.05, 4.69) is 24.0 Å². The van der Waals surface area contributed by atoms with Gasteiger partial charge in [-0.1, -0.05) is 19.0 Å². The normalized spacial score (nSPS) is 27.7. The van der Waals surface area contributed by atoms with E-state index in [0.29, 0.717) is 25.0 Å². The molecular formula is C16H29N3O2. The second-order valence-electron chi connectivity index (χ2n) is 6.50. The van der Waals surface area contributed by atoms with E-state index in [0.717, 1.165) is 50.3 Å². The summed E-state index contributed by atoms with van der Waals surface area (Å²) in [4.78, 5) is 4.61. The summed E-state index contributed by atoms with van der Waals surface area (Å²) in [6.45, 7) is 7.85. The van der Waals surface area contributed by atoms with E-state index in [-0.39, 0.29) is 5.60 Å². The average Bonchev–Trinajstić information content (AvgIpc) is 2.97. The molecule has 0 radical (unpaired) electrons. The van der Waals surface area contributed by atoms with E-state index < -0.39 is 0 Å². The molecule has 1 atom stereocenters. The van der Waals surface area contributed by atoms with Crippen LogP contribution in [-0.2, 0) is 16.8 Å². The molecule has 2 N–H and O–H groups in total. The van der Waals surface area contributed by atoms with Gasteiger partial charge in [0.25, 0.3) is 0 Å². The third-order valence-electron chi connectivity index (χ3n) is 4.63. The zero-order valence-corrected chi connectivity index (χ0v) is 13.6. The SMILES string of the molecule is CCOC1(c2noc(CCC(C)CN)n2)CCC(C)CC1. The lowest BCUT2D eigenvalue weighted by Gasteiger charge is -2.36. The lowest BCUT2D eigenvalue weighted by molar-refractivity contribution is -0.0847. The molecule has 0 spiro atoms. The molecule has 120 valence electrons. The van der Waals surface area contributed by atoms with Crippen molar-refractivity contribution >= 4 is 0 Å². The lowest BCUT2D eigenvalue weighted by atomic mass is 9.79. The van der Waals surface area contributed by atoms with E-state index in [1.165, 1.54) is 0 Å². The van der Waals surface area contributed by atoms with Gasteiger partial charge in [0.2, 0.25) is 11.7 Å². The van der Waals surface area contributed by atoms with Gasteiger partial charge in [0.15, 0.2) is 0 Å². The number of aromatic nitrogens is 2. The highest BCUT2D eigenvalue weighted by Crippen LogP contribution is 2.41. The Balaban J connectivity index is 2.05. The van der Waals surface area contributed by atoms with Gasteiger partial charge in [-0.15, -0.1) is 0 Å². The first-order valence-corrected chi connectivity index (χ1v) is 8.26. The fraction of sp³-hybridized carbons (Fsp3) is 0.875. The zero-order chi connectivity index (χ0) is 15.3. The van der Waals surface area contributed by atoms with Crippen molar-refractivity contribution in [3.05, 3.63) is 11.7 Å². The highest BCUT2D eigenvalue weighted by atomic mass is 16.5. The van der Waals surface area contributed by atoms with E-state index in [9.17, 15) is 0 Å². The minimum atomic E-state index is -0.331. The summed E-state index contributed by atoms with van der Waals surface area (Å²) < 4.78 is 11.5. The summed E-state index contributed by atoms with van der Waals surface area (Å²) in [5, 5.41) is 4.22. The van der Waals surface area contributed by atoms with E-state index >= 15 is 0 Å². The smallest absolute Gasteiger partial charge is 0.226 e. The van der Waals surface area contributed by atoms with Gasteiger partial charge in [-0.05, 0) is 57.4 Å². The maximum atomic E-state index is 6.06. The standard InChI is InChI=1S/C16H29N3O2/c1-4-20-16(9-7-12(2)8-10-16)15-18-14(21-19-15)6-5-13(3)11-17/h12-13H,4-11,17H2,1-3H3. The number of hydrogen-bond acceptors (Lipinski definition) is 5. The van der Waals surface area contributed by atoms with Crippen LogP contribution in [0.25, 0.3) is 0 Å². The van der Waals surface area contributed by atoms with Crippen LogP contribution in [0.1, 0.15) is 64.6 Å². The third-order valence-corrected chi connectivity index (χ3v) is 4.63. The molecule has 0 aromatic carbocycles. The fourth-order valence-electron chi connectivity index (χ4n) is 2.97. The van der Waals surface area contributed by atoms with Crippen LogP contribution in [0, 0.1) is 11.8 Å². The van der Waals surface area contributed by atoms with Gasteiger partial charge in [0.1, 0.15) is 5.60 Å². The summed E-state index contributed by atoms with van der Waals surface area (Å²) >= 11 is 0. The van der Waals surface area contributed by atoms with Gasteiger partial charge >= 0.3 is 0 Å². The molecule has 1 fully saturated rings. The van der Waals surface area contributed by atoms with Crippen molar-refractivity contribution in [2.45, 2.75) is 64.9 Å². The largest absolute Gasteiger partial charge is 0.367 e. The summed E-state index contributed by atoms with van der Waals surface area (Å²) in [5.41, 5.74) is 5.31. The Hall–Kier alpha value is -0.940. The zero-order valence-electron chi connectivity index (χ0n) is 13.6. The first-order valence-electron chi connectivity index (χ1n) is 8.26.